The highest BCUT2D eigenvalue weighted by atomic mass is 32.1. The molecule has 0 N–H and O–H groups in total. The molecule has 1 aromatic heterocycles. The first-order valence-electron chi connectivity index (χ1n) is 11.7. The van der Waals surface area contributed by atoms with E-state index in [1.165, 1.54) is 47.6 Å². The third-order valence-corrected chi connectivity index (χ3v) is 6.89. The zero-order chi connectivity index (χ0) is 27.1. The summed E-state index contributed by atoms with van der Waals surface area (Å²) in [6.45, 7) is 0.0672. The molecule has 0 spiro atoms. The molecular formula is C26H25N3O8S. The van der Waals surface area contributed by atoms with Crippen LogP contribution < -0.4 is 0 Å². The minimum atomic E-state index is -0.599. The maximum Gasteiger partial charge on any atom is 0.410 e. The quantitative estimate of drug-likeness (QED) is 0.171. The normalized spacial score (nSPS) is 16.6. The number of esters is 2. The van der Waals surface area contributed by atoms with E-state index >= 15 is 0 Å². The first-order chi connectivity index (χ1) is 18.3. The number of nitrogens with zero attached hydrogens (tertiary/aromatic N) is 3. The van der Waals surface area contributed by atoms with Gasteiger partial charge in [0, 0.05) is 36.4 Å². The van der Waals surface area contributed by atoms with Crippen LogP contribution in [0.4, 0.5) is 10.5 Å². The van der Waals surface area contributed by atoms with Gasteiger partial charge in [-0.15, -0.1) is 11.3 Å². The fraction of sp³-hybridized carbons (Fsp3) is 0.308. The number of carbonyl (C=O) groups is 3. The van der Waals surface area contributed by atoms with Crippen molar-refractivity contribution in [2.75, 3.05) is 13.7 Å². The van der Waals surface area contributed by atoms with E-state index in [0.29, 0.717) is 29.7 Å². The van der Waals surface area contributed by atoms with Gasteiger partial charge in [0.25, 0.3) is 5.69 Å². The van der Waals surface area contributed by atoms with Crippen LogP contribution in [0, 0.1) is 10.1 Å². The Morgan fingerprint density at radius 1 is 1.13 bits per heavy atom. The number of methoxy groups -OCH3 is 1. The van der Waals surface area contributed by atoms with Crippen molar-refractivity contribution in [2.45, 2.75) is 38.0 Å². The molecule has 4 rings (SSSR count). The van der Waals surface area contributed by atoms with E-state index in [2.05, 4.69) is 9.72 Å². The lowest BCUT2D eigenvalue weighted by Crippen LogP contribution is -2.37. The highest BCUT2D eigenvalue weighted by Gasteiger charge is 2.39. The average molecular weight is 540 g/mol. The lowest BCUT2D eigenvalue weighted by atomic mass is 10.1. The molecule has 12 heteroatoms. The van der Waals surface area contributed by atoms with Gasteiger partial charge in [0.05, 0.1) is 41.3 Å². The molecule has 1 aliphatic rings. The van der Waals surface area contributed by atoms with Crippen molar-refractivity contribution < 1.29 is 33.5 Å². The number of hydrogen-bond acceptors (Lipinski definition) is 10. The Kier molecular flexibility index (Phi) is 8.64. The summed E-state index contributed by atoms with van der Waals surface area (Å²) in [6.07, 6.45) is -0.322. The van der Waals surface area contributed by atoms with Crippen LogP contribution in [-0.4, -0.2) is 58.6 Å². The summed E-state index contributed by atoms with van der Waals surface area (Å²) < 4.78 is 15.9. The van der Waals surface area contributed by atoms with Crippen molar-refractivity contribution in [2.24, 2.45) is 0 Å². The summed E-state index contributed by atoms with van der Waals surface area (Å²) in [5, 5.41) is 13.3. The molecule has 1 aliphatic heterocycles. The number of non-ortho nitro benzene ring substituents is 1. The first-order valence-corrected chi connectivity index (χ1v) is 12.6. The third-order valence-electron chi connectivity index (χ3n) is 5.97. The second kappa shape index (κ2) is 12.3. The third kappa shape index (κ3) is 6.91. The predicted molar refractivity (Wildman–Crippen MR) is 136 cm³/mol. The Morgan fingerprint density at radius 3 is 2.55 bits per heavy atom. The molecule has 0 radical (unpaired) electrons. The van der Waals surface area contributed by atoms with E-state index in [1.54, 1.807) is 35.7 Å². The Labute approximate surface area is 222 Å². The van der Waals surface area contributed by atoms with E-state index < -0.39 is 29.1 Å². The minimum Gasteiger partial charge on any atom is -0.469 e. The second-order valence-electron chi connectivity index (χ2n) is 8.60. The van der Waals surface area contributed by atoms with Crippen LogP contribution in [-0.2, 0) is 38.5 Å². The molecule has 3 aromatic rings. The molecule has 1 fully saturated rings. The van der Waals surface area contributed by atoms with Gasteiger partial charge in [-0.3, -0.25) is 14.9 Å². The van der Waals surface area contributed by atoms with Crippen molar-refractivity contribution in [3.63, 3.8) is 0 Å². The van der Waals surface area contributed by atoms with Gasteiger partial charge in [-0.25, -0.2) is 14.6 Å². The minimum absolute atomic E-state index is 0.0516. The average Bonchev–Trinajstić information content (AvgIpc) is 3.54. The first kappa shape index (κ1) is 26.7. The summed E-state index contributed by atoms with van der Waals surface area (Å²) in [7, 11) is 1.31. The Balaban J connectivity index is 1.44. The van der Waals surface area contributed by atoms with E-state index in [4.69, 9.17) is 9.47 Å². The van der Waals surface area contributed by atoms with Gasteiger partial charge in [-0.1, -0.05) is 18.2 Å². The monoisotopic (exact) mass is 539 g/mol. The Hall–Kier alpha value is -4.32. The summed E-state index contributed by atoms with van der Waals surface area (Å²) in [5.74, 6) is -0.878. The molecule has 2 heterocycles. The summed E-state index contributed by atoms with van der Waals surface area (Å²) in [5.41, 5.74) is 1.53. The summed E-state index contributed by atoms with van der Waals surface area (Å²) in [4.78, 5) is 53.6. The molecule has 1 amide bonds. The van der Waals surface area contributed by atoms with Crippen molar-refractivity contribution in [1.82, 2.24) is 9.88 Å². The predicted octanol–water partition coefficient (Wildman–Crippen LogP) is 3.95. The lowest BCUT2D eigenvalue weighted by molar-refractivity contribution is -0.384. The molecule has 0 saturated carbocycles. The number of aromatic nitrogens is 1. The van der Waals surface area contributed by atoms with Crippen LogP contribution in [0.3, 0.4) is 0 Å². The van der Waals surface area contributed by atoms with E-state index in [-0.39, 0.29) is 31.3 Å². The molecule has 198 valence electrons. The maximum atomic E-state index is 13.1. The van der Waals surface area contributed by atoms with Crippen LogP contribution >= 0.6 is 11.3 Å². The number of benzene rings is 2. The zero-order valence-corrected chi connectivity index (χ0v) is 21.3. The number of nitro groups is 1. The van der Waals surface area contributed by atoms with Crippen LogP contribution in [0.25, 0.3) is 0 Å². The van der Waals surface area contributed by atoms with E-state index in [0.717, 1.165) is 5.01 Å². The fourth-order valence-corrected chi connectivity index (χ4v) is 4.92. The molecule has 0 aliphatic carbocycles. The van der Waals surface area contributed by atoms with Gasteiger partial charge < -0.3 is 19.1 Å². The Morgan fingerprint density at radius 2 is 1.87 bits per heavy atom. The summed E-state index contributed by atoms with van der Waals surface area (Å²) >= 11 is 1.37. The van der Waals surface area contributed by atoms with Gasteiger partial charge in [0.15, 0.2) is 0 Å². The second-order valence-corrected chi connectivity index (χ2v) is 9.55. The number of likely N-dealkylation sites (tertiary alicyclic amines) is 1. The molecule has 38 heavy (non-hydrogen) atoms. The summed E-state index contributed by atoms with van der Waals surface area (Å²) in [6, 6.07) is 14.0. The molecule has 1 saturated heterocycles. The van der Waals surface area contributed by atoms with Crippen molar-refractivity contribution in [3.8, 4) is 0 Å². The van der Waals surface area contributed by atoms with Gasteiger partial charge in [0.2, 0.25) is 0 Å². The molecule has 2 aromatic carbocycles. The topological polar surface area (TPSA) is 138 Å². The molecule has 0 unspecified atom stereocenters. The zero-order valence-electron chi connectivity index (χ0n) is 20.5. The Bertz CT molecular complexity index is 1300. The van der Waals surface area contributed by atoms with Crippen molar-refractivity contribution in [1.29, 1.82) is 0 Å². The van der Waals surface area contributed by atoms with Crippen molar-refractivity contribution >= 4 is 35.1 Å². The van der Waals surface area contributed by atoms with Crippen molar-refractivity contribution in [3.05, 3.63) is 91.9 Å². The van der Waals surface area contributed by atoms with E-state index in [9.17, 15) is 24.5 Å². The van der Waals surface area contributed by atoms with E-state index in [1.807, 2.05) is 0 Å². The smallest absolute Gasteiger partial charge is 0.410 e. The highest BCUT2D eigenvalue weighted by molar-refractivity contribution is 7.09. The van der Waals surface area contributed by atoms with Crippen LogP contribution in [0.5, 0.6) is 0 Å². The number of hydrogen-bond donors (Lipinski definition) is 0. The standard InChI is InChI=1S/C26H25N3O8S/c1-35-24(30)11-19-16-38-23(27-19)13-21-12-22(37-25(31)18-5-3-2-4-6-18)14-28(21)26(32)36-15-17-7-9-20(10-8-17)29(33)34/h2-10,16,21-22H,11-15H2,1H3/t21-,22+/m0/s1. The van der Waals surface area contributed by atoms with Crippen LogP contribution in [0.1, 0.15) is 33.0 Å². The number of thiazole rings is 1. The number of ether oxygens (including phenoxy) is 3. The highest BCUT2D eigenvalue weighted by Crippen LogP contribution is 2.27. The SMILES string of the molecule is COC(=O)Cc1csc(C[C@@H]2C[C@@H](OC(=O)c3ccccc3)CN2C(=O)OCc2ccc([N+](=O)[O-])cc2)n1. The largest absolute Gasteiger partial charge is 0.469 e. The molecular weight excluding hydrogens is 514 g/mol. The van der Waals surface area contributed by atoms with Gasteiger partial charge in [-0.2, -0.15) is 0 Å². The van der Waals surface area contributed by atoms with Gasteiger partial charge in [-0.05, 0) is 29.8 Å². The number of rotatable bonds is 9. The number of amides is 1. The van der Waals surface area contributed by atoms with Crippen LogP contribution in [0.15, 0.2) is 60.0 Å². The van der Waals surface area contributed by atoms with Crippen LogP contribution in [0.2, 0.25) is 0 Å². The fourth-order valence-electron chi connectivity index (χ4n) is 4.06. The molecule has 2 atom stereocenters. The van der Waals surface area contributed by atoms with Gasteiger partial charge >= 0.3 is 18.0 Å². The molecule has 0 bridgehead atoms. The maximum absolute atomic E-state index is 13.1. The molecule has 11 nitrogen and oxygen atoms in total. The lowest BCUT2D eigenvalue weighted by Gasteiger charge is -2.23. The number of nitro benzene ring substituents is 1. The number of carbonyl (C=O) groups excluding carboxylic acids is 3. The van der Waals surface area contributed by atoms with Gasteiger partial charge in [0.1, 0.15) is 12.7 Å².